The van der Waals surface area contributed by atoms with Gasteiger partial charge in [0.05, 0.1) is 22.5 Å². The number of aliphatic hydroxyl groups excluding tert-OH is 1. The van der Waals surface area contributed by atoms with Gasteiger partial charge in [-0.3, -0.25) is 0 Å². The molecule has 0 aliphatic rings. The highest BCUT2D eigenvalue weighted by Crippen LogP contribution is 2.34. The van der Waals surface area contributed by atoms with Crippen LogP contribution >= 0.6 is 0 Å². The SMILES string of the molecule is CCc1cn2c(C(O)c3ccc(-c4ccccc4C(=O)O)cc3)cc(C(F)(F)F)cc2n1. The van der Waals surface area contributed by atoms with Crippen LogP contribution < -0.4 is 0 Å². The molecule has 2 aromatic heterocycles. The van der Waals surface area contributed by atoms with Gasteiger partial charge in [-0.15, -0.1) is 0 Å². The fourth-order valence-electron chi connectivity index (χ4n) is 3.65. The zero-order valence-corrected chi connectivity index (χ0v) is 17.0. The molecule has 0 spiro atoms. The second-order valence-corrected chi connectivity index (χ2v) is 7.36. The van der Waals surface area contributed by atoms with Crippen LogP contribution in [0.5, 0.6) is 0 Å². The Labute approximate surface area is 181 Å². The van der Waals surface area contributed by atoms with Crippen LogP contribution in [0.15, 0.2) is 66.9 Å². The van der Waals surface area contributed by atoms with Gasteiger partial charge in [-0.05, 0) is 41.3 Å². The van der Waals surface area contributed by atoms with E-state index in [9.17, 15) is 28.2 Å². The number of fused-ring (bicyclic) bond motifs is 1. The molecule has 0 aliphatic carbocycles. The number of pyridine rings is 1. The molecule has 5 nitrogen and oxygen atoms in total. The topological polar surface area (TPSA) is 74.8 Å². The molecule has 2 heterocycles. The van der Waals surface area contributed by atoms with E-state index in [2.05, 4.69) is 4.98 Å². The summed E-state index contributed by atoms with van der Waals surface area (Å²) >= 11 is 0. The van der Waals surface area contributed by atoms with Gasteiger partial charge in [-0.2, -0.15) is 13.2 Å². The summed E-state index contributed by atoms with van der Waals surface area (Å²) in [5.41, 5.74) is 1.49. The minimum Gasteiger partial charge on any atom is -0.478 e. The number of imidazole rings is 1. The number of aromatic nitrogens is 2. The van der Waals surface area contributed by atoms with Crippen molar-refractivity contribution in [2.24, 2.45) is 0 Å². The second kappa shape index (κ2) is 8.12. The number of rotatable bonds is 5. The Bertz CT molecular complexity index is 1290. The van der Waals surface area contributed by atoms with E-state index in [1.54, 1.807) is 48.7 Å². The van der Waals surface area contributed by atoms with Gasteiger partial charge in [-0.25, -0.2) is 9.78 Å². The van der Waals surface area contributed by atoms with Crippen molar-refractivity contribution in [2.75, 3.05) is 0 Å². The predicted molar refractivity (Wildman–Crippen MR) is 112 cm³/mol. The molecule has 32 heavy (non-hydrogen) atoms. The molecule has 0 saturated carbocycles. The van der Waals surface area contributed by atoms with Crippen LogP contribution in [0.25, 0.3) is 16.8 Å². The molecule has 4 rings (SSSR count). The third kappa shape index (κ3) is 3.97. The van der Waals surface area contributed by atoms with Crippen LogP contribution in [0, 0.1) is 0 Å². The fraction of sp³-hybridized carbons (Fsp3) is 0.167. The van der Waals surface area contributed by atoms with E-state index in [4.69, 9.17) is 0 Å². The van der Waals surface area contributed by atoms with Gasteiger partial charge in [-0.1, -0.05) is 49.4 Å². The zero-order chi connectivity index (χ0) is 23.0. The fourth-order valence-corrected chi connectivity index (χ4v) is 3.65. The van der Waals surface area contributed by atoms with Crippen molar-refractivity contribution in [3.05, 3.63) is 94.9 Å². The molecule has 2 aromatic carbocycles. The maximum Gasteiger partial charge on any atom is 0.416 e. The maximum absolute atomic E-state index is 13.4. The van der Waals surface area contributed by atoms with Gasteiger partial charge < -0.3 is 14.6 Å². The van der Waals surface area contributed by atoms with Gasteiger partial charge in [0.15, 0.2) is 0 Å². The number of alkyl halides is 3. The van der Waals surface area contributed by atoms with Gasteiger partial charge >= 0.3 is 12.1 Å². The normalized spacial score (nSPS) is 12.8. The molecule has 8 heteroatoms. The molecule has 0 amide bonds. The monoisotopic (exact) mass is 440 g/mol. The number of aryl methyl sites for hydroxylation is 1. The highest BCUT2D eigenvalue weighted by molar-refractivity contribution is 5.96. The van der Waals surface area contributed by atoms with E-state index in [0.29, 0.717) is 28.8 Å². The molecule has 0 bridgehead atoms. The zero-order valence-electron chi connectivity index (χ0n) is 17.0. The molecule has 0 radical (unpaired) electrons. The summed E-state index contributed by atoms with van der Waals surface area (Å²) in [5.74, 6) is -1.07. The summed E-state index contributed by atoms with van der Waals surface area (Å²) in [6.07, 6.45) is -3.77. The van der Waals surface area contributed by atoms with Crippen LogP contribution in [0.3, 0.4) is 0 Å². The average Bonchev–Trinajstić information content (AvgIpc) is 3.21. The largest absolute Gasteiger partial charge is 0.478 e. The third-order valence-corrected chi connectivity index (χ3v) is 5.31. The average molecular weight is 440 g/mol. The Morgan fingerprint density at radius 1 is 1.09 bits per heavy atom. The van der Waals surface area contributed by atoms with Gasteiger partial charge in [0.2, 0.25) is 0 Å². The quantitative estimate of drug-likeness (QED) is 0.438. The van der Waals surface area contributed by atoms with E-state index in [1.807, 2.05) is 6.92 Å². The van der Waals surface area contributed by atoms with Gasteiger partial charge in [0, 0.05) is 6.20 Å². The summed E-state index contributed by atoms with van der Waals surface area (Å²) in [4.78, 5) is 15.7. The minimum atomic E-state index is -4.58. The summed E-state index contributed by atoms with van der Waals surface area (Å²) in [7, 11) is 0. The number of carboxylic acids is 1. The number of halogens is 3. The van der Waals surface area contributed by atoms with E-state index in [1.165, 1.54) is 10.5 Å². The third-order valence-electron chi connectivity index (χ3n) is 5.31. The number of carboxylic acid groups (broad SMARTS) is 1. The molecule has 1 unspecified atom stereocenters. The second-order valence-electron chi connectivity index (χ2n) is 7.36. The predicted octanol–water partition coefficient (Wildman–Crippen LogP) is 5.36. The maximum atomic E-state index is 13.4. The van der Waals surface area contributed by atoms with Crippen LogP contribution in [-0.4, -0.2) is 25.6 Å². The first kappa shape index (κ1) is 21.6. The summed E-state index contributed by atoms with van der Waals surface area (Å²) in [6.45, 7) is 1.84. The van der Waals surface area contributed by atoms with E-state index in [0.717, 1.165) is 12.1 Å². The minimum absolute atomic E-state index is 0.0423. The highest BCUT2D eigenvalue weighted by atomic mass is 19.4. The van der Waals surface area contributed by atoms with E-state index >= 15 is 0 Å². The number of hydrogen-bond donors (Lipinski definition) is 2. The molecule has 4 aromatic rings. The van der Waals surface area contributed by atoms with Crippen LogP contribution in [0.1, 0.15) is 45.9 Å². The van der Waals surface area contributed by atoms with E-state index < -0.39 is 23.8 Å². The first-order valence-electron chi connectivity index (χ1n) is 9.89. The molecule has 164 valence electrons. The first-order valence-corrected chi connectivity index (χ1v) is 9.89. The molecule has 0 saturated heterocycles. The molecule has 0 fully saturated rings. The Morgan fingerprint density at radius 2 is 1.78 bits per heavy atom. The Balaban J connectivity index is 1.77. The summed E-state index contributed by atoms with van der Waals surface area (Å²) < 4.78 is 41.7. The summed E-state index contributed by atoms with van der Waals surface area (Å²) in [5, 5.41) is 20.3. The lowest BCUT2D eigenvalue weighted by Gasteiger charge is -2.17. The molecular formula is C24H19F3N2O3. The van der Waals surface area contributed by atoms with Crippen molar-refractivity contribution in [1.29, 1.82) is 0 Å². The first-order chi connectivity index (χ1) is 15.2. The molecule has 2 N–H and O–H groups in total. The Kier molecular flexibility index (Phi) is 5.48. The van der Waals surface area contributed by atoms with Crippen molar-refractivity contribution in [2.45, 2.75) is 25.6 Å². The van der Waals surface area contributed by atoms with Crippen LogP contribution in [0.2, 0.25) is 0 Å². The Hall–Kier alpha value is -3.65. The van der Waals surface area contributed by atoms with Crippen molar-refractivity contribution in [3.63, 3.8) is 0 Å². The summed E-state index contributed by atoms with van der Waals surface area (Å²) in [6, 6.07) is 14.8. The number of aliphatic hydroxyl groups is 1. The number of hydrogen-bond acceptors (Lipinski definition) is 3. The smallest absolute Gasteiger partial charge is 0.416 e. The number of nitrogens with zero attached hydrogens (tertiary/aromatic N) is 2. The number of carbonyl (C=O) groups is 1. The van der Waals surface area contributed by atoms with Gasteiger partial charge in [0.1, 0.15) is 11.8 Å². The number of aromatic carboxylic acids is 1. The molecular weight excluding hydrogens is 421 g/mol. The van der Waals surface area contributed by atoms with Crippen molar-refractivity contribution >= 4 is 11.6 Å². The molecule has 1 atom stereocenters. The lowest BCUT2D eigenvalue weighted by molar-refractivity contribution is -0.137. The van der Waals surface area contributed by atoms with Crippen LogP contribution in [-0.2, 0) is 12.6 Å². The lowest BCUT2D eigenvalue weighted by Crippen LogP contribution is -2.11. The lowest BCUT2D eigenvalue weighted by atomic mass is 9.96. The van der Waals surface area contributed by atoms with Crippen molar-refractivity contribution < 1.29 is 28.2 Å². The van der Waals surface area contributed by atoms with Crippen LogP contribution in [0.4, 0.5) is 13.2 Å². The van der Waals surface area contributed by atoms with Gasteiger partial charge in [0.25, 0.3) is 0 Å². The van der Waals surface area contributed by atoms with E-state index in [-0.39, 0.29) is 16.9 Å². The van der Waals surface area contributed by atoms with Crippen molar-refractivity contribution in [1.82, 2.24) is 9.38 Å². The Morgan fingerprint density at radius 3 is 2.41 bits per heavy atom. The van der Waals surface area contributed by atoms with Crippen molar-refractivity contribution in [3.8, 4) is 11.1 Å². The number of benzene rings is 2. The standard InChI is InChI=1S/C24H19F3N2O3/c1-2-17-13-29-20(11-16(24(25,26)27)12-21(29)28-17)22(30)15-9-7-14(8-10-15)18-5-3-4-6-19(18)23(31)32/h3-13,22,30H,2H2,1H3,(H,31,32). The molecule has 0 aliphatic heterocycles. The highest BCUT2D eigenvalue weighted by Gasteiger charge is 2.33.